The second-order valence-electron chi connectivity index (χ2n) is 8.61. The zero-order valence-corrected chi connectivity index (χ0v) is 88.7. The molecule has 0 fully saturated rings. The first kappa shape index (κ1) is 98.7. The Bertz CT molecular complexity index is 2810. The average molecular weight is 2330 g/mol. The van der Waals surface area contributed by atoms with E-state index in [4.69, 9.17) is 11.0 Å². The first-order valence-corrected chi connectivity index (χ1v) is 12.2. The molecule has 0 aliphatic carbocycles. The van der Waals surface area contributed by atoms with Gasteiger partial charge in [-0.3, -0.25) is 4.79 Å². The van der Waals surface area contributed by atoms with Crippen LogP contribution in [-0.2, 0) is 642 Å². The largest absolute Gasteiger partial charge is 0.577 e. The van der Waals surface area contributed by atoms with Crippen molar-refractivity contribution in [3.63, 3.8) is 0 Å². The summed E-state index contributed by atoms with van der Waals surface area (Å²) in [5.74, 6) is 0. The van der Waals surface area contributed by atoms with E-state index in [2.05, 4.69) is 62.1 Å². The molecule has 0 bridgehead atoms. The van der Waals surface area contributed by atoms with Gasteiger partial charge in [-0.1, -0.05) is 38.6 Å². The quantitative estimate of drug-likeness (QED) is 0.196. The van der Waals surface area contributed by atoms with E-state index in [1.54, 1.807) is 0 Å². The van der Waals surface area contributed by atoms with E-state index in [0.717, 1.165) is 29.8 Å². The van der Waals surface area contributed by atoms with Crippen LogP contribution in [0.3, 0.4) is 0 Å². The van der Waals surface area contributed by atoms with Crippen molar-refractivity contribution < 1.29 is 632 Å². The van der Waals surface area contributed by atoms with Crippen LogP contribution < -0.4 is 33.7 Å². The Morgan fingerprint density at radius 2 is 0.846 bits per heavy atom. The number of hydrogen-bond acceptors (Lipinski definition) is 9. The SMILES string of the molecule is C.[2H]C([2H])(C)n1c(=O)c2c(n[c-]n2[CH2-])n([CH2-])c1=O.[2H]C([2H])([2H])n1[c-]nc2c1c(=O)n([CH-]C)c(=O)n2[CH2-].[2H]C([2H])([2H])n1c(=O)n([CH-]C)c(=O)c2c1n[c-]n2[CH2-].[Y].[Y].[Y].[Y].[Y].[Y].[Y].[Y].[Y].[Y].[Y].[Y].[Y].[Y].[Y].[Y].[Y].[Y].[Y]. The molecule has 0 aliphatic heterocycles. The van der Waals surface area contributed by atoms with Gasteiger partial charge < -0.3 is 80.0 Å². The Hall–Kier alpha value is 14.6. The number of nitrogens with zero attached hydrogens (tertiary/aromatic N) is 12. The van der Waals surface area contributed by atoms with Crippen molar-refractivity contribution in [2.75, 3.05) is 0 Å². The van der Waals surface area contributed by atoms with Crippen LogP contribution in [0.1, 0.15) is 39.2 Å². The minimum atomic E-state index is -2.74. The minimum Gasteiger partial charge on any atom is -0.577 e. The van der Waals surface area contributed by atoms with Crippen LogP contribution in [0, 0.1) is 60.3 Å². The van der Waals surface area contributed by atoms with Gasteiger partial charge in [0.05, 0.1) is 5.56 Å². The molecule has 0 aliphatic rings. The van der Waals surface area contributed by atoms with Gasteiger partial charge in [-0.05, 0) is 32.2 Å². The molecule has 0 saturated heterocycles. The maximum atomic E-state index is 12.0. The van der Waals surface area contributed by atoms with Gasteiger partial charge in [0.1, 0.15) is 5.56 Å². The molecule has 65 heavy (non-hydrogen) atoms. The normalized spacial score (nSPS) is 9.95. The predicted molar refractivity (Wildman–Crippen MR) is 169 cm³/mol. The molecule has 19 radical (unpaired) electrons. The van der Waals surface area contributed by atoms with Crippen LogP contribution in [0.15, 0.2) is 28.8 Å². The maximum absolute atomic E-state index is 12.0. The molecule has 37 heteroatoms. The average Bonchev–Trinajstić information content (AvgIpc) is 3.76. The number of imidazole rings is 3. The van der Waals surface area contributed by atoms with Crippen molar-refractivity contribution in [1.82, 2.24) is 56.1 Å². The fourth-order valence-electron chi connectivity index (χ4n) is 3.99. The summed E-state index contributed by atoms with van der Waals surface area (Å²) >= 11 is 0. The van der Waals surface area contributed by atoms with E-state index in [1.165, 1.54) is 26.9 Å². The van der Waals surface area contributed by atoms with E-state index in [9.17, 15) is 28.8 Å². The number of fused-ring (bicyclic) bond motifs is 3. The van der Waals surface area contributed by atoms with Gasteiger partial charge in [0.15, 0.2) is 5.56 Å². The topological polar surface area (TPSA) is 185 Å². The molecular formula is C28H31N12O6Y19-9. The van der Waals surface area contributed by atoms with E-state index in [1.807, 2.05) is 0 Å². The van der Waals surface area contributed by atoms with Crippen LogP contribution >= 0.6 is 0 Å². The van der Waals surface area contributed by atoms with Crippen molar-refractivity contribution in [3.8, 4) is 0 Å². The second-order valence-corrected chi connectivity index (χ2v) is 8.61. The maximum Gasteiger partial charge on any atom is 0.218 e. The Kier molecular flexibility index (Phi) is 95.9. The molecule has 6 aromatic heterocycles. The van der Waals surface area contributed by atoms with Crippen molar-refractivity contribution in [1.29, 1.82) is 0 Å². The van der Waals surface area contributed by atoms with Gasteiger partial charge in [-0.25, -0.2) is 0 Å². The Morgan fingerprint density at radius 1 is 0.508 bits per heavy atom. The van der Waals surface area contributed by atoms with Crippen LogP contribution in [0.4, 0.5) is 0 Å². The summed E-state index contributed by atoms with van der Waals surface area (Å²) in [7, 11) is 13.8. The summed E-state index contributed by atoms with van der Waals surface area (Å²) < 4.78 is 65.6. The van der Waals surface area contributed by atoms with Gasteiger partial charge in [0.2, 0.25) is 17.1 Å². The van der Waals surface area contributed by atoms with E-state index >= 15 is 0 Å². The van der Waals surface area contributed by atoms with Crippen LogP contribution in [0.2, 0.25) is 0 Å². The predicted octanol–water partition coefficient (Wildman–Crippen LogP) is -1.22. The molecule has 6 rings (SSSR count). The Labute approximate surface area is 868 Å². The van der Waals surface area contributed by atoms with Gasteiger partial charge >= 0.3 is 0 Å². The second kappa shape index (κ2) is 63.2. The van der Waals surface area contributed by atoms with Crippen LogP contribution in [0.5, 0.6) is 0 Å². The van der Waals surface area contributed by atoms with Gasteiger partial charge in [0.25, 0.3) is 0 Å². The summed E-state index contributed by atoms with van der Waals surface area (Å²) in [6.45, 7) is -1.00. The number of aryl methyl sites for hydroxylation is 2. The zero-order valence-electron chi connectivity index (χ0n) is 42.8. The molecule has 18 nitrogen and oxygen atoms in total. The van der Waals surface area contributed by atoms with Crippen molar-refractivity contribution in [2.24, 2.45) is 14.0 Å². The summed E-state index contributed by atoms with van der Waals surface area (Å²) in [4.78, 5) is 82.4. The fraction of sp³-hybridized carbons (Fsp3) is 0.250. The number of aromatic nitrogens is 12. The first-order chi connectivity index (χ1) is 24.3. The summed E-state index contributed by atoms with van der Waals surface area (Å²) in [5.41, 5.74) is -5.47. The molecule has 0 amide bonds. The Morgan fingerprint density at radius 3 is 1.23 bits per heavy atom. The fourth-order valence-corrected chi connectivity index (χ4v) is 3.99. The molecule has 0 aromatic carbocycles. The van der Waals surface area contributed by atoms with Gasteiger partial charge in [-0.15, -0.1) is 39.2 Å². The van der Waals surface area contributed by atoms with Crippen LogP contribution in [-0.4, -0.2) is 56.1 Å². The molecule has 0 unspecified atom stereocenters. The van der Waals surface area contributed by atoms with Crippen LogP contribution in [0.25, 0.3) is 33.5 Å². The van der Waals surface area contributed by atoms with E-state index < -0.39 is 54.2 Å². The number of rotatable bonds is 3. The molecule has 6 heterocycles. The molecule has 0 spiro atoms. The molecule has 0 N–H and O–H groups in total. The Balaban J connectivity index is -0.0000000378. The minimum absolute atomic E-state index is 0. The molecule has 6 aromatic rings. The standard InChI is InChI=1S/3C9H9N4O2.CH4.19Y/c3*1-4-13-8(14)6-7(10-5-11(6)2)12(3)9(13)15;;;;;;;;;;;;;;;;;;;;/h4H,3H2,1-2H3;4H,2H2,1,3H3;2-4H2,1H3;1H4;;;;;;;;;;;;;;;;;;;/q3*-3;;;;;;;;;;;;;;;;;;;;/i2D3;3D3;4D2;;;;;;;;;;;;;;;;;;;;. The summed E-state index contributed by atoms with van der Waals surface area (Å²) in [5, 5.41) is 0. The molecule has 0 saturated carbocycles. The molecule has 305 valence electrons. The van der Waals surface area contributed by atoms with E-state index in [0.29, 0.717) is 18.3 Å². The smallest absolute Gasteiger partial charge is 0.218 e. The van der Waals surface area contributed by atoms with Gasteiger partial charge in [-0.2, -0.15) is 19.6 Å². The number of hydrogen-bond donors (Lipinski definition) is 0. The van der Waals surface area contributed by atoms with Crippen molar-refractivity contribution in [2.45, 2.75) is 34.7 Å². The van der Waals surface area contributed by atoms with Gasteiger partial charge in [0, 0.05) is 645 Å². The molecule has 0 atom stereocenters. The first-order valence-electron chi connectivity index (χ1n) is 16.2. The monoisotopic (exact) mass is 2330 g/mol. The third-order valence-electron chi connectivity index (χ3n) is 6.18. The third kappa shape index (κ3) is 32.3. The third-order valence-corrected chi connectivity index (χ3v) is 6.18. The summed E-state index contributed by atoms with van der Waals surface area (Å²) in [6, 6.07) is 0. The summed E-state index contributed by atoms with van der Waals surface area (Å²) in [6.07, 6.45) is 6.90. The molecular weight excluding hydrogens is 2290 g/mol. The van der Waals surface area contributed by atoms with Crippen molar-refractivity contribution >= 4 is 33.5 Å². The van der Waals surface area contributed by atoms with Crippen molar-refractivity contribution in [3.05, 3.63) is 123 Å². The zero-order chi connectivity index (χ0) is 40.3. The van der Waals surface area contributed by atoms with E-state index in [-0.39, 0.29) is 662 Å².